The number of nitrogens with two attached hydrogens (primary N) is 1. The summed E-state index contributed by atoms with van der Waals surface area (Å²) < 4.78 is 29.2. The van der Waals surface area contributed by atoms with E-state index in [-0.39, 0.29) is 16.8 Å². The first-order valence-electron chi connectivity index (χ1n) is 10.5. The minimum atomic E-state index is -3.84. The van der Waals surface area contributed by atoms with E-state index < -0.39 is 15.6 Å². The summed E-state index contributed by atoms with van der Waals surface area (Å²) in [5.41, 5.74) is 2.48. The fourth-order valence-electron chi connectivity index (χ4n) is 3.60. The van der Waals surface area contributed by atoms with Crippen molar-refractivity contribution in [2.24, 2.45) is 5.14 Å². The van der Waals surface area contributed by atoms with E-state index in [1.54, 1.807) is 37.9 Å². The first kappa shape index (κ1) is 23.5. The van der Waals surface area contributed by atoms with Crippen LogP contribution in [0.2, 0.25) is 0 Å². The average molecular weight is 483 g/mol. The quantitative estimate of drug-likeness (QED) is 0.503. The van der Waals surface area contributed by atoms with Crippen LogP contribution in [0, 0.1) is 13.8 Å². The molecule has 34 heavy (non-hydrogen) atoms. The van der Waals surface area contributed by atoms with Crippen LogP contribution in [0.3, 0.4) is 0 Å². The molecule has 1 aliphatic rings. The van der Waals surface area contributed by atoms with E-state index in [2.05, 4.69) is 20.6 Å². The second-order valence-corrected chi connectivity index (χ2v) is 10.1. The molecule has 0 atom stereocenters. The van der Waals surface area contributed by atoms with Crippen molar-refractivity contribution in [1.82, 2.24) is 9.97 Å². The Bertz CT molecular complexity index is 1400. The van der Waals surface area contributed by atoms with Gasteiger partial charge >= 0.3 is 0 Å². The van der Waals surface area contributed by atoms with E-state index in [0.717, 1.165) is 11.3 Å². The number of fused-ring (bicyclic) bond motifs is 1. The lowest BCUT2D eigenvalue weighted by atomic mass is 10.0. The third-order valence-corrected chi connectivity index (χ3v) is 6.49. The fraction of sp³-hybridized carbons (Fsp3) is 0.261. The Balaban J connectivity index is 1.64. The van der Waals surface area contributed by atoms with E-state index in [1.165, 1.54) is 12.1 Å². The van der Waals surface area contributed by atoms with Crippen LogP contribution >= 0.6 is 0 Å². The minimum absolute atomic E-state index is 0.0159. The molecule has 2 aromatic carbocycles. The van der Waals surface area contributed by atoms with Gasteiger partial charge in [-0.05, 0) is 64.1 Å². The van der Waals surface area contributed by atoms with Gasteiger partial charge in [0.1, 0.15) is 11.6 Å². The predicted octanol–water partition coefficient (Wildman–Crippen LogP) is 3.36. The molecule has 178 valence electrons. The molecular formula is C23H26N6O4S. The van der Waals surface area contributed by atoms with Crippen molar-refractivity contribution in [2.45, 2.75) is 38.2 Å². The number of amides is 1. The third-order valence-electron chi connectivity index (χ3n) is 5.58. The van der Waals surface area contributed by atoms with Crippen LogP contribution in [0.1, 0.15) is 25.1 Å². The Labute approximate surface area is 198 Å². The predicted molar refractivity (Wildman–Crippen MR) is 130 cm³/mol. The average Bonchev–Trinajstić information content (AvgIpc) is 2.75. The molecule has 1 aromatic heterocycles. The highest BCUT2D eigenvalue weighted by Gasteiger charge is 2.39. The third kappa shape index (κ3) is 4.52. The molecule has 0 saturated heterocycles. The summed E-state index contributed by atoms with van der Waals surface area (Å²) in [6.07, 6.45) is 0. The number of likely N-dealkylation sites (N-methyl/N-ethyl adjacent to an activating group) is 1. The number of rotatable bonds is 5. The van der Waals surface area contributed by atoms with Gasteiger partial charge < -0.3 is 20.3 Å². The molecule has 0 fully saturated rings. The molecule has 4 N–H and O–H groups in total. The van der Waals surface area contributed by atoms with Crippen molar-refractivity contribution in [3.63, 3.8) is 0 Å². The van der Waals surface area contributed by atoms with Crippen molar-refractivity contribution >= 4 is 44.8 Å². The molecule has 1 amide bonds. The van der Waals surface area contributed by atoms with Crippen LogP contribution < -0.4 is 25.4 Å². The van der Waals surface area contributed by atoms with Gasteiger partial charge in [0, 0.05) is 29.7 Å². The van der Waals surface area contributed by atoms with Crippen LogP contribution in [-0.4, -0.2) is 36.9 Å². The van der Waals surface area contributed by atoms with Gasteiger partial charge in [-0.25, -0.2) is 18.5 Å². The van der Waals surface area contributed by atoms with Gasteiger partial charge in [-0.2, -0.15) is 4.98 Å². The monoisotopic (exact) mass is 482 g/mol. The smallest absolute Gasteiger partial charge is 0.270 e. The number of aryl methyl sites for hydroxylation is 1. The van der Waals surface area contributed by atoms with Gasteiger partial charge in [-0.15, -0.1) is 0 Å². The molecular weight excluding hydrogens is 456 g/mol. The number of primary sulfonamides is 1. The summed E-state index contributed by atoms with van der Waals surface area (Å²) in [6, 6.07) is 11.6. The van der Waals surface area contributed by atoms with E-state index >= 15 is 0 Å². The Morgan fingerprint density at radius 3 is 2.44 bits per heavy atom. The number of sulfonamides is 1. The van der Waals surface area contributed by atoms with Crippen molar-refractivity contribution in [2.75, 3.05) is 22.6 Å². The molecule has 0 bridgehead atoms. The Hall–Kier alpha value is -3.70. The molecule has 4 rings (SSSR count). The Kier molecular flexibility index (Phi) is 5.70. The maximum absolute atomic E-state index is 12.6. The highest BCUT2D eigenvalue weighted by atomic mass is 32.2. The largest absolute Gasteiger partial charge is 0.476 e. The zero-order valence-corrected chi connectivity index (χ0v) is 20.3. The maximum atomic E-state index is 12.6. The Morgan fingerprint density at radius 2 is 1.74 bits per heavy atom. The highest BCUT2D eigenvalue weighted by molar-refractivity contribution is 7.89. The van der Waals surface area contributed by atoms with Crippen LogP contribution in [0.25, 0.3) is 0 Å². The molecule has 2 heterocycles. The van der Waals surface area contributed by atoms with Crippen molar-refractivity contribution in [3.05, 3.63) is 53.7 Å². The van der Waals surface area contributed by atoms with E-state index in [4.69, 9.17) is 9.88 Å². The number of carbonyl (C=O) groups excluding carboxylic acids is 1. The second-order valence-electron chi connectivity index (χ2n) is 8.59. The van der Waals surface area contributed by atoms with Gasteiger partial charge in [0.25, 0.3) is 5.91 Å². The van der Waals surface area contributed by atoms with Gasteiger partial charge in [0.2, 0.25) is 16.0 Å². The minimum Gasteiger partial charge on any atom is -0.476 e. The molecule has 3 aromatic rings. The lowest BCUT2D eigenvalue weighted by molar-refractivity contribution is -0.132. The number of nitrogens with zero attached hydrogens (tertiary/aromatic N) is 3. The summed E-state index contributed by atoms with van der Waals surface area (Å²) >= 11 is 0. The summed E-state index contributed by atoms with van der Waals surface area (Å²) in [7, 11) is -2.12. The lowest BCUT2D eigenvalue weighted by Crippen LogP contribution is -2.50. The number of benzene rings is 2. The highest BCUT2D eigenvalue weighted by Crippen LogP contribution is 2.39. The van der Waals surface area contributed by atoms with Crippen LogP contribution in [0.4, 0.5) is 28.8 Å². The molecule has 1 aliphatic heterocycles. The molecule has 0 radical (unpaired) electrons. The fourth-order valence-corrected chi connectivity index (χ4v) is 4.16. The molecule has 10 nitrogen and oxygen atoms in total. The zero-order valence-electron chi connectivity index (χ0n) is 19.5. The van der Waals surface area contributed by atoms with Crippen LogP contribution in [-0.2, 0) is 14.8 Å². The van der Waals surface area contributed by atoms with Gasteiger partial charge in [0.15, 0.2) is 5.60 Å². The number of aromatic nitrogens is 2. The molecule has 11 heteroatoms. The molecule has 0 unspecified atom stereocenters. The lowest BCUT2D eigenvalue weighted by Gasteiger charge is -2.37. The van der Waals surface area contributed by atoms with Gasteiger partial charge in [-0.3, -0.25) is 4.79 Å². The number of nitrogens with one attached hydrogen (secondary N) is 2. The standard InChI is InChI=1S/C23H26N6O4S/c1-13-14(2)25-22(27-15-7-6-8-17(11-15)34(24,31)32)28-20(13)26-16-9-10-19-18(12-16)29(5)21(30)23(3,4)33-19/h6-12H,1-5H3,(H2,24,31,32)(H2,25,26,27,28). The number of ether oxygens (including phenoxy) is 1. The molecule has 0 saturated carbocycles. The second kappa shape index (κ2) is 8.26. The number of anilines is 5. The van der Waals surface area contributed by atoms with E-state index in [9.17, 15) is 13.2 Å². The van der Waals surface area contributed by atoms with E-state index in [0.29, 0.717) is 28.6 Å². The van der Waals surface area contributed by atoms with Crippen LogP contribution in [0.15, 0.2) is 47.4 Å². The first-order valence-corrected chi connectivity index (χ1v) is 12.0. The molecule has 0 aliphatic carbocycles. The summed E-state index contributed by atoms with van der Waals surface area (Å²) in [5.74, 6) is 1.32. The summed E-state index contributed by atoms with van der Waals surface area (Å²) in [4.78, 5) is 23.2. The summed E-state index contributed by atoms with van der Waals surface area (Å²) in [5, 5.41) is 11.5. The number of carbonyl (C=O) groups is 1. The van der Waals surface area contributed by atoms with Gasteiger partial charge in [0.05, 0.1) is 10.6 Å². The van der Waals surface area contributed by atoms with Gasteiger partial charge in [-0.1, -0.05) is 6.07 Å². The molecule has 0 spiro atoms. The SMILES string of the molecule is Cc1nc(Nc2cccc(S(N)(=O)=O)c2)nc(Nc2ccc3c(c2)N(C)C(=O)C(C)(C)O3)c1C. The summed E-state index contributed by atoms with van der Waals surface area (Å²) in [6.45, 7) is 7.22. The normalized spacial score (nSPS) is 14.9. The zero-order chi connectivity index (χ0) is 24.8. The number of hydrogen-bond donors (Lipinski definition) is 3. The van der Waals surface area contributed by atoms with Crippen molar-refractivity contribution < 1.29 is 17.9 Å². The topological polar surface area (TPSA) is 140 Å². The number of hydrogen-bond acceptors (Lipinski definition) is 8. The first-order chi connectivity index (χ1) is 15.8. The Morgan fingerprint density at radius 1 is 1.03 bits per heavy atom. The van der Waals surface area contributed by atoms with Crippen LogP contribution in [0.5, 0.6) is 5.75 Å². The van der Waals surface area contributed by atoms with E-state index in [1.807, 2.05) is 32.0 Å². The van der Waals surface area contributed by atoms with Crippen molar-refractivity contribution in [3.8, 4) is 5.75 Å². The van der Waals surface area contributed by atoms with Crippen molar-refractivity contribution in [1.29, 1.82) is 0 Å². The maximum Gasteiger partial charge on any atom is 0.270 e.